The van der Waals surface area contributed by atoms with Crippen molar-refractivity contribution < 1.29 is 9.15 Å². The third kappa shape index (κ3) is 5.33. The van der Waals surface area contributed by atoms with E-state index in [1.54, 1.807) is 6.26 Å². The summed E-state index contributed by atoms with van der Waals surface area (Å²) in [6.07, 6.45) is 5.88. The van der Waals surface area contributed by atoms with Crippen LogP contribution in [-0.2, 0) is 23.3 Å². The van der Waals surface area contributed by atoms with Gasteiger partial charge < -0.3 is 13.7 Å². The van der Waals surface area contributed by atoms with Crippen molar-refractivity contribution in [2.45, 2.75) is 24.7 Å². The molecule has 218 valence electrons. The van der Waals surface area contributed by atoms with E-state index in [2.05, 4.69) is 102 Å². The minimum Gasteiger partial charge on any atom is -0.464 e. The molecule has 0 aliphatic heterocycles. The number of hydrogen-bond acceptors (Lipinski definition) is 4. The van der Waals surface area contributed by atoms with E-state index in [0.29, 0.717) is 18.6 Å². The number of benzene rings is 5. The summed E-state index contributed by atoms with van der Waals surface area (Å²) in [5.41, 5.74) is 6.89. The highest BCUT2D eigenvalue weighted by Gasteiger charge is 2.38. The van der Waals surface area contributed by atoms with Gasteiger partial charge >= 0.3 is 0 Å². The van der Waals surface area contributed by atoms with Crippen LogP contribution in [0.1, 0.15) is 45.2 Å². The van der Waals surface area contributed by atoms with Gasteiger partial charge in [-0.25, -0.2) is 4.98 Å². The number of nitriles is 1. The molecule has 7 rings (SSSR count). The van der Waals surface area contributed by atoms with E-state index in [9.17, 15) is 5.26 Å². The summed E-state index contributed by atoms with van der Waals surface area (Å²) in [6, 6.07) is 49.8. The van der Waals surface area contributed by atoms with E-state index in [-0.39, 0.29) is 6.10 Å². The molecular weight excluding hydrogens is 554 g/mol. The van der Waals surface area contributed by atoms with E-state index in [4.69, 9.17) is 14.1 Å². The predicted molar refractivity (Wildman–Crippen MR) is 175 cm³/mol. The first-order valence-electron chi connectivity index (χ1n) is 15.0. The summed E-state index contributed by atoms with van der Waals surface area (Å²) in [4.78, 5) is 4.88. The van der Waals surface area contributed by atoms with Crippen molar-refractivity contribution in [3.05, 3.63) is 197 Å². The van der Waals surface area contributed by atoms with E-state index >= 15 is 0 Å². The van der Waals surface area contributed by atoms with Gasteiger partial charge in [0.05, 0.1) is 42.6 Å². The fourth-order valence-corrected chi connectivity index (χ4v) is 6.35. The van der Waals surface area contributed by atoms with Crippen molar-refractivity contribution in [2.24, 2.45) is 0 Å². The molecule has 7 aromatic rings. The number of rotatable bonds is 10. The van der Waals surface area contributed by atoms with Gasteiger partial charge in [-0.2, -0.15) is 5.26 Å². The number of nitrogens with zero attached hydrogens (tertiary/aromatic N) is 3. The minimum atomic E-state index is -0.646. The van der Waals surface area contributed by atoms with Crippen molar-refractivity contribution in [3.63, 3.8) is 0 Å². The second kappa shape index (κ2) is 12.5. The fourth-order valence-electron chi connectivity index (χ4n) is 6.35. The molecule has 0 bridgehead atoms. The smallest absolute Gasteiger partial charge is 0.134 e. The summed E-state index contributed by atoms with van der Waals surface area (Å²) >= 11 is 0. The normalized spacial score (nSPS) is 12.2. The van der Waals surface area contributed by atoms with Crippen LogP contribution in [0.25, 0.3) is 11.0 Å². The second-order valence-corrected chi connectivity index (χ2v) is 11.0. The molecule has 0 saturated heterocycles. The predicted octanol–water partition coefficient (Wildman–Crippen LogP) is 8.84. The molecule has 0 fully saturated rings. The number of fused-ring (bicyclic) bond motifs is 1. The molecule has 0 amide bonds. The van der Waals surface area contributed by atoms with Crippen LogP contribution in [0.3, 0.4) is 0 Å². The Bertz CT molecular complexity index is 1950. The number of ether oxygens (including phenoxy) is 1. The van der Waals surface area contributed by atoms with Gasteiger partial charge in [-0.15, -0.1) is 0 Å². The van der Waals surface area contributed by atoms with Crippen LogP contribution in [0, 0.1) is 11.3 Å². The van der Waals surface area contributed by atoms with Crippen LogP contribution in [0.5, 0.6) is 0 Å². The molecule has 0 spiro atoms. The Hall–Kier alpha value is -5.70. The van der Waals surface area contributed by atoms with Gasteiger partial charge in [0.2, 0.25) is 0 Å². The van der Waals surface area contributed by atoms with Gasteiger partial charge in [0.15, 0.2) is 0 Å². The van der Waals surface area contributed by atoms with Crippen molar-refractivity contribution in [2.75, 3.05) is 0 Å². The molecule has 0 saturated carbocycles. The second-order valence-electron chi connectivity index (χ2n) is 11.0. The maximum Gasteiger partial charge on any atom is 0.134 e. The first-order chi connectivity index (χ1) is 22.3. The van der Waals surface area contributed by atoms with Crippen molar-refractivity contribution >= 4 is 11.0 Å². The molecule has 0 aliphatic rings. The van der Waals surface area contributed by atoms with E-state index in [1.807, 2.05) is 60.9 Å². The number of furan rings is 1. The van der Waals surface area contributed by atoms with Crippen molar-refractivity contribution in [3.8, 4) is 6.07 Å². The summed E-state index contributed by atoms with van der Waals surface area (Å²) < 4.78 is 14.5. The molecule has 5 nitrogen and oxygen atoms in total. The Morgan fingerprint density at radius 2 is 1.31 bits per heavy atom. The Balaban J connectivity index is 1.27. The Morgan fingerprint density at radius 3 is 1.89 bits per heavy atom. The molecule has 1 atom stereocenters. The minimum absolute atomic E-state index is 0.296. The molecule has 45 heavy (non-hydrogen) atoms. The van der Waals surface area contributed by atoms with Gasteiger partial charge in [-0.1, -0.05) is 121 Å². The third-order valence-electron chi connectivity index (χ3n) is 8.46. The van der Waals surface area contributed by atoms with Crippen LogP contribution < -0.4 is 0 Å². The molecule has 1 unspecified atom stereocenters. The number of imidazole rings is 1. The topological polar surface area (TPSA) is 64.0 Å². The maximum atomic E-state index is 9.93. The van der Waals surface area contributed by atoms with Gasteiger partial charge in [-0.05, 0) is 46.0 Å². The fraction of sp³-hybridized carbons (Fsp3) is 0.100. The first kappa shape index (κ1) is 28.1. The van der Waals surface area contributed by atoms with Crippen LogP contribution in [0.2, 0.25) is 0 Å². The van der Waals surface area contributed by atoms with Crippen molar-refractivity contribution in [1.82, 2.24) is 9.55 Å². The molecule has 5 aromatic carbocycles. The van der Waals surface area contributed by atoms with E-state index < -0.39 is 5.54 Å². The lowest BCUT2D eigenvalue weighted by molar-refractivity contribution is 0.0383. The lowest BCUT2D eigenvalue weighted by Crippen LogP contribution is -2.36. The van der Waals surface area contributed by atoms with Crippen LogP contribution in [0.15, 0.2) is 163 Å². The highest BCUT2D eigenvalue weighted by molar-refractivity contribution is 5.83. The largest absolute Gasteiger partial charge is 0.464 e. The van der Waals surface area contributed by atoms with Gasteiger partial charge in [0.25, 0.3) is 0 Å². The maximum absolute atomic E-state index is 9.93. The summed E-state index contributed by atoms with van der Waals surface area (Å²) in [5.74, 6) is 0. The Kier molecular flexibility index (Phi) is 7.80. The van der Waals surface area contributed by atoms with E-state index in [1.165, 1.54) is 0 Å². The van der Waals surface area contributed by atoms with Crippen LogP contribution in [-0.4, -0.2) is 9.55 Å². The van der Waals surface area contributed by atoms with Crippen molar-refractivity contribution in [1.29, 1.82) is 5.26 Å². The van der Waals surface area contributed by atoms with E-state index in [0.717, 1.165) is 44.5 Å². The SMILES string of the molecule is N#Cc1ccc2occc2c1CC(OCc1cn(C(c2ccccc2)(c2ccccc2)c2ccccc2)cn1)c1ccccc1. The average Bonchev–Trinajstić information content (AvgIpc) is 3.80. The number of aromatic nitrogens is 2. The van der Waals surface area contributed by atoms with Gasteiger partial charge in [0, 0.05) is 18.0 Å². The quantitative estimate of drug-likeness (QED) is 0.150. The summed E-state index contributed by atoms with van der Waals surface area (Å²) in [6.45, 7) is 0.296. The molecule has 2 heterocycles. The third-order valence-corrected chi connectivity index (χ3v) is 8.46. The molecule has 0 aliphatic carbocycles. The number of hydrogen-bond donors (Lipinski definition) is 0. The standard InChI is InChI=1S/C40H31N3O2/c41-26-31-21-22-38-36(23-24-44-38)37(31)25-39(30-13-5-1-6-14-30)45-28-35-27-43(29-42-35)40(32-15-7-2-8-16-32,33-17-9-3-10-18-33)34-19-11-4-12-20-34/h1-24,27,29,39H,25,28H2. The Morgan fingerprint density at radius 1 is 0.733 bits per heavy atom. The zero-order chi connectivity index (χ0) is 30.5. The summed E-state index contributed by atoms with van der Waals surface area (Å²) in [7, 11) is 0. The summed E-state index contributed by atoms with van der Waals surface area (Å²) in [5, 5.41) is 10.9. The molecule has 2 aromatic heterocycles. The van der Waals surface area contributed by atoms with Gasteiger partial charge in [0.1, 0.15) is 11.1 Å². The average molecular weight is 586 g/mol. The molecule has 5 heteroatoms. The first-order valence-corrected chi connectivity index (χ1v) is 15.0. The lowest BCUT2D eigenvalue weighted by atomic mass is 9.77. The zero-order valence-electron chi connectivity index (χ0n) is 24.7. The zero-order valence-corrected chi connectivity index (χ0v) is 24.7. The molecule has 0 N–H and O–H groups in total. The Labute approximate surface area is 262 Å². The molecular formula is C40H31N3O2. The monoisotopic (exact) mass is 585 g/mol. The van der Waals surface area contributed by atoms with Gasteiger partial charge in [-0.3, -0.25) is 0 Å². The van der Waals surface area contributed by atoms with Crippen LogP contribution >= 0.6 is 0 Å². The lowest BCUT2D eigenvalue weighted by Gasteiger charge is -2.37. The highest BCUT2D eigenvalue weighted by Crippen LogP contribution is 2.41. The van der Waals surface area contributed by atoms with Crippen LogP contribution in [0.4, 0.5) is 0 Å². The highest BCUT2D eigenvalue weighted by atomic mass is 16.5. The molecule has 0 radical (unpaired) electrons.